The van der Waals surface area contributed by atoms with Crippen LogP contribution in [0, 0.1) is 25.7 Å². The lowest BCUT2D eigenvalue weighted by Gasteiger charge is -2.39. The van der Waals surface area contributed by atoms with Crippen LogP contribution in [0.1, 0.15) is 48.2 Å². The fraction of sp³-hybridized carbons (Fsp3) is 0.381. The highest BCUT2D eigenvalue weighted by Crippen LogP contribution is 2.38. The maximum absolute atomic E-state index is 12.8. The van der Waals surface area contributed by atoms with E-state index in [1.165, 1.54) is 22.3 Å². The lowest BCUT2D eigenvalue weighted by atomic mass is 9.76. The van der Waals surface area contributed by atoms with Crippen molar-refractivity contribution in [3.63, 3.8) is 0 Å². The molecule has 2 aromatic rings. The van der Waals surface area contributed by atoms with Crippen molar-refractivity contribution in [2.24, 2.45) is 11.8 Å². The first-order valence-electron chi connectivity index (χ1n) is 8.40. The summed E-state index contributed by atoms with van der Waals surface area (Å²) in [6, 6.07) is 17.1. The van der Waals surface area contributed by atoms with Gasteiger partial charge in [0.05, 0.1) is 0 Å². The number of carbonyl (C=O) groups excluding carboxylic acids is 1. The number of nitrogens with one attached hydrogen (secondary N) is 1. The zero-order valence-electron chi connectivity index (χ0n) is 14.3. The topological polar surface area (TPSA) is 29.1 Å². The smallest absolute Gasteiger partial charge is 0.142 e. The molecule has 4 atom stereocenters. The van der Waals surface area contributed by atoms with E-state index in [0.29, 0.717) is 5.78 Å². The SMILES string of the molecule is Cc1cccc([C@@H]2N[C@@H](c3cccc(C)c3)[C@@H](C)C(=O)[C@H]2C)c1. The molecular weight excluding hydrogens is 282 g/mol. The molecule has 1 fully saturated rings. The molecule has 2 aromatic carbocycles. The van der Waals surface area contributed by atoms with Gasteiger partial charge in [-0.1, -0.05) is 73.5 Å². The Labute approximate surface area is 138 Å². The van der Waals surface area contributed by atoms with E-state index in [4.69, 9.17) is 0 Å². The molecule has 0 unspecified atom stereocenters. The van der Waals surface area contributed by atoms with Gasteiger partial charge in [0.15, 0.2) is 0 Å². The third kappa shape index (κ3) is 3.09. The molecule has 0 amide bonds. The van der Waals surface area contributed by atoms with Gasteiger partial charge in [-0.2, -0.15) is 0 Å². The molecule has 0 aromatic heterocycles. The van der Waals surface area contributed by atoms with Crippen LogP contribution < -0.4 is 5.32 Å². The summed E-state index contributed by atoms with van der Waals surface area (Å²) >= 11 is 0. The minimum absolute atomic E-state index is 0.00661. The standard InChI is InChI=1S/C21H25NO/c1-13-7-5-9-17(11-13)19-15(3)21(23)16(4)20(22-19)18-10-6-8-14(2)12-18/h5-12,15-16,19-20,22H,1-4H3/t15-,16+,19-,20-/m1/s1. The molecule has 23 heavy (non-hydrogen) atoms. The van der Waals surface area contributed by atoms with E-state index >= 15 is 0 Å². The van der Waals surface area contributed by atoms with Gasteiger partial charge in [-0.25, -0.2) is 0 Å². The zero-order valence-corrected chi connectivity index (χ0v) is 14.3. The summed E-state index contributed by atoms with van der Waals surface area (Å²) in [5, 5.41) is 3.75. The second-order valence-electron chi connectivity index (χ2n) is 6.93. The van der Waals surface area contributed by atoms with E-state index in [9.17, 15) is 4.79 Å². The van der Waals surface area contributed by atoms with E-state index < -0.39 is 0 Å². The molecule has 0 saturated carbocycles. The van der Waals surface area contributed by atoms with Gasteiger partial charge >= 0.3 is 0 Å². The molecule has 0 bridgehead atoms. The van der Waals surface area contributed by atoms with Crippen LogP contribution in [-0.2, 0) is 4.79 Å². The van der Waals surface area contributed by atoms with Crippen LogP contribution in [0.4, 0.5) is 0 Å². The average Bonchev–Trinajstić information content (AvgIpc) is 2.53. The van der Waals surface area contributed by atoms with E-state index in [0.717, 1.165) is 0 Å². The monoisotopic (exact) mass is 307 g/mol. The lowest BCUT2D eigenvalue weighted by molar-refractivity contribution is -0.130. The Balaban J connectivity index is 1.97. The summed E-state index contributed by atoms with van der Waals surface area (Å²) in [4.78, 5) is 12.8. The van der Waals surface area contributed by atoms with Crippen molar-refractivity contribution in [1.29, 1.82) is 0 Å². The molecule has 2 nitrogen and oxygen atoms in total. The number of hydrogen-bond donors (Lipinski definition) is 1. The van der Waals surface area contributed by atoms with E-state index in [1.54, 1.807) is 0 Å². The maximum Gasteiger partial charge on any atom is 0.142 e. The Bertz CT molecular complexity index is 662. The van der Waals surface area contributed by atoms with Crippen molar-refractivity contribution >= 4 is 5.78 Å². The molecule has 0 radical (unpaired) electrons. The quantitative estimate of drug-likeness (QED) is 0.883. The van der Waals surface area contributed by atoms with E-state index in [-0.39, 0.29) is 23.9 Å². The molecule has 1 heterocycles. The number of hydrogen-bond acceptors (Lipinski definition) is 2. The first-order chi connectivity index (χ1) is 11.0. The number of ketones is 1. The number of carbonyl (C=O) groups is 1. The predicted molar refractivity (Wildman–Crippen MR) is 94.3 cm³/mol. The van der Waals surface area contributed by atoms with Crippen LogP contribution >= 0.6 is 0 Å². The summed E-state index contributed by atoms with van der Waals surface area (Å²) in [5.41, 5.74) is 4.87. The van der Waals surface area contributed by atoms with Gasteiger partial charge < -0.3 is 5.32 Å². The average molecular weight is 307 g/mol. The number of benzene rings is 2. The third-order valence-electron chi connectivity index (χ3n) is 5.06. The first kappa shape index (κ1) is 15.9. The van der Waals surface area contributed by atoms with Gasteiger partial charge in [0.2, 0.25) is 0 Å². The minimum atomic E-state index is -0.00661. The van der Waals surface area contributed by atoms with Crippen LogP contribution in [0.2, 0.25) is 0 Å². The van der Waals surface area contributed by atoms with Gasteiger partial charge in [0.1, 0.15) is 5.78 Å². The summed E-state index contributed by atoms with van der Waals surface area (Å²) in [5.74, 6) is 0.336. The second-order valence-corrected chi connectivity index (χ2v) is 6.93. The number of aryl methyl sites for hydroxylation is 2. The largest absolute Gasteiger partial charge is 0.302 e. The Morgan fingerprint density at radius 3 is 1.61 bits per heavy atom. The Morgan fingerprint density at radius 2 is 1.22 bits per heavy atom. The third-order valence-corrected chi connectivity index (χ3v) is 5.06. The normalized spacial score (nSPS) is 27.9. The molecule has 2 heteroatoms. The minimum Gasteiger partial charge on any atom is -0.302 e. The zero-order chi connectivity index (χ0) is 16.6. The Morgan fingerprint density at radius 1 is 0.783 bits per heavy atom. The molecule has 1 N–H and O–H groups in total. The fourth-order valence-electron chi connectivity index (χ4n) is 3.72. The van der Waals surface area contributed by atoms with E-state index in [1.807, 2.05) is 13.8 Å². The Hall–Kier alpha value is -1.93. The molecule has 3 rings (SSSR count). The van der Waals surface area contributed by atoms with Gasteiger partial charge in [-0.3, -0.25) is 4.79 Å². The Kier molecular flexibility index (Phi) is 4.36. The van der Waals surface area contributed by atoms with Crippen LogP contribution in [0.15, 0.2) is 48.5 Å². The highest BCUT2D eigenvalue weighted by Gasteiger charge is 2.40. The van der Waals surface area contributed by atoms with Crippen LogP contribution in [0.5, 0.6) is 0 Å². The highest BCUT2D eigenvalue weighted by molar-refractivity contribution is 5.85. The van der Waals surface area contributed by atoms with Gasteiger partial charge in [0, 0.05) is 23.9 Å². The molecule has 120 valence electrons. The molecular formula is C21H25NO. The number of Topliss-reactive ketones (excluding diaryl/α,β-unsaturated/α-hetero) is 1. The number of rotatable bonds is 2. The number of piperidine rings is 1. The molecule has 1 saturated heterocycles. The van der Waals surface area contributed by atoms with Crippen LogP contribution in [-0.4, -0.2) is 5.78 Å². The van der Waals surface area contributed by atoms with E-state index in [2.05, 4.69) is 67.7 Å². The van der Waals surface area contributed by atoms with Crippen molar-refractivity contribution < 1.29 is 4.79 Å². The second kappa shape index (κ2) is 6.29. The van der Waals surface area contributed by atoms with Gasteiger partial charge in [-0.15, -0.1) is 0 Å². The molecule has 0 spiro atoms. The van der Waals surface area contributed by atoms with Crippen molar-refractivity contribution in [2.45, 2.75) is 39.8 Å². The predicted octanol–water partition coefficient (Wildman–Crippen LogP) is 4.53. The summed E-state index contributed by atoms with van der Waals surface area (Å²) in [6.07, 6.45) is 0. The lowest BCUT2D eigenvalue weighted by Crippen LogP contribution is -2.46. The maximum atomic E-state index is 12.8. The van der Waals surface area contributed by atoms with Crippen molar-refractivity contribution in [1.82, 2.24) is 5.32 Å². The molecule has 1 aliphatic heterocycles. The van der Waals surface area contributed by atoms with Crippen molar-refractivity contribution in [3.8, 4) is 0 Å². The van der Waals surface area contributed by atoms with Crippen LogP contribution in [0.3, 0.4) is 0 Å². The highest BCUT2D eigenvalue weighted by atomic mass is 16.1. The van der Waals surface area contributed by atoms with Gasteiger partial charge in [0.25, 0.3) is 0 Å². The summed E-state index contributed by atoms with van der Waals surface area (Å²) < 4.78 is 0. The fourth-order valence-corrected chi connectivity index (χ4v) is 3.72. The summed E-state index contributed by atoms with van der Waals surface area (Å²) in [6.45, 7) is 8.29. The summed E-state index contributed by atoms with van der Waals surface area (Å²) in [7, 11) is 0. The van der Waals surface area contributed by atoms with Crippen molar-refractivity contribution in [3.05, 3.63) is 70.8 Å². The van der Waals surface area contributed by atoms with Gasteiger partial charge in [-0.05, 0) is 25.0 Å². The molecule has 0 aliphatic carbocycles. The van der Waals surface area contributed by atoms with Crippen molar-refractivity contribution in [2.75, 3.05) is 0 Å². The first-order valence-corrected chi connectivity index (χ1v) is 8.40. The molecule has 1 aliphatic rings. The van der Waals surface area contributed by atoms with Crippen LogP contribution in [0.25, 0.3) is 0 Å².